The summed E-state index contributed by atoms with van der Waals surface area (Å²) >= 11 is 1.32. The summed E-state index contributed by atoms with van der Waals surface area (Å²) in [6.07, 6.45) is 1.66. The average molecular weight is 509 g/mol. The molecule has 0 amide bonds. The van der Waals surface area contributed by atoms with Crippen LogP contribution in [0.4, 0.5) is 0 Å². The zero-order valence-corrected chi connectivity index (χ0v) is 21.2. The van der Waals surface area contributed by atoms with Crippen molar-refractivity contribution in [1.29, 1.82) is 0 Å². The SMILES string of the molecule is CCn1c(=O)n(Cc2ccc(S(C)(=O)=O)cc2)c(=O)c2cc(C#CCc3cccc(OC)c3)sc21. The van der Waals surface area contributed by atoms with Gasteiger partial charge >= 0.3 is 5.69 Å². The van der Waals surface area contributed by atoms with Gasteiger partial charge in [0.05, 0.1) is 28.8 Å². The number of sulfone groups is 1. The Labute approximate surface area is 207 Å². The van der Waals surface area contributed by atoms with Gasteiger partial charge in [-0.25, -0.2) is 13.2 Å². The lowest BCUT2D eigenvalue weighted by molar-refractivity contribution is 0.414. The molecule has 2 heterocycles. The van der Waals surface area contributed by atoms with E-state index in [2.05, 4.69) is 11.8 Å². The van der Waals surface area contributed by atoms with Gasteiger partial charge in [-0.05, 0) is 48.4 Å². The fourth-order valence-corrected chi connectivity index (χ4v) is 5.43. The van der Waals surface area contributed by atoms with Gasteiger partial charge < -0.3 is 4.74 Å². The lowest BCUT2D eigenvalue weighted by atomic mass is 10.1. The summed E-state index contributed by atoms with van der Waals surface area (Å²) in [7, 11) is -1.71. The van der Waals surface area contributed by atoms with Gasteiger partial charge in [-0.2, -0.15) is 0 Å². The van der Waals surface area contributed by atoms with Crippen molar-refractivity contribution in [2.45, 2.75) is 31.3 Å². The Balaban J connectivity index is 1.69. The Hall–Kier alpha value is -3.61. The molecule has 0 aliphatic rings. The zero-order valence-electron chi connectivity index (χ0n) is 19.6. The van der Waals surface area contributed by atoms with E-state index >= 15 is 0 Å². The Kier molecular flexibility index (Phi) is 6.96. The first kappa shape index (κ1) is 24.5. The average Bonchev–Trinajstić information content (AvgIpc) is 3.26. The molecule has 0 bridgehead atoms. The van der Waals surface area contributed by atoms with Crippen molar-refractivity contribution in [3.63, 3.8) is 0 Å². The van der Waals surface area contributed by atoms with Crippen LogP contribution in [0.1, 0.15) is 22.9 Å². The van der Waals surface area contributed by atoms with Gasteiger partial charge in [0.25, 0.3) is 5.56 Å². The second-order valence-electron chi connectivity index (χ2n) is 7.99. The number of nitrogens with zero attached hydrogens (tertiary/aromatic N) is 2. The molecule has 0 unspecified atom stereocenters. The molecular weight excluding hydrogens is 484 g/mol. The second kappa shape index (κ2) is 9.94. The van der Waals surface area contributed by atoms with Gasteiger partial charge in [0.1, 0.15) is 10.6 Å². The van der Waals surface area contributed by atoms with Crippen molar-refractivity contribution in [2.75, 3.05) is 13.4 Å². The first-order valence-corrected chi connectivity index (χ1v) is 13.6. The molecule has 0 saturated carbocycles. The number of benzene rings is 2. The largest absolute Gasteiger partial charge is 0.497 e. The molecule has 0 fully saturated rings. The van der Waals surface area contributed by atoms with Gasteiger partial charge in [-0.15, -0.1) is 11.3 Å². The third kappa shape index (κ3) is 5.24. The summed E-state index contributed by atoms with van der Waals surface area (Å²) < 4.78 is 31.4. The number of thiophene rings is 1. The molecule has 4 aromatic rings. The van der Waals surface area contributed by atoms with Crippen LogP contribution in [0.15, 0.2) is 69.1 Å². The Bertz CT molecular complexity index is 1680. The van der Waals surface area contributed by atoms with E-state index in [1.165, 1.54) is 28.0 Å². The molecule has 2 aromatic carbocycles. The van der Waals surface area contributed by atoms with Crippen LogP contribution in [0.25, 0.3) is 10.2 Å². The fourth-order valence-electron chi connectivity index (χ4n) is 3.72. The zero-order chi connectivity index (χ0) is 25.2. The van der Waals surface area contributed by atoms with Crippen LogP contribution < -0.4 is 16.0 Å². The molecule has 0 saturated heterocycles. The Morgan fingerprint density at radius 1 is 1.00 bits per heavy atom. The molecule has 7 nitrogen and oxygen atoms in total. The number of aromatic nitrogens is 2. The number of fused-ring (bicyclic) bond motifs is 1. The highest BCUT2D eigenvalue weighted by atomic mass is 32.2. The third-order valence-corrected chi connectivity index (χ3v) is 7.74. The molecule has 0 aliphatic heterocycles. The molecular formula is C26H24N2O5S2. The summed E-state index contributed by atoms with van der Waals surface area (Å²) in [5.41, 5.74) is 0.883. The topological polar surface area (TPSA) is 87.4 Å². The van der Waals surface area contributed by atoms with E-state index < -0.39 is 15.5 Å². The monoisotopic (exact) mass is 508 g/mol. The number of aryl methyl sites for hydroxylation is 1. The Morgan fingerprint density at radius 3 is 2.40 bits per heavy atom. The van der Waals surface area contributed by atoms with Crippen molar-refractivity contribution in [3.8, 4) is 17.6 Å². The van der Waals surface area contributed by atoms with Crippen LogP contribution >= 0.6 is 11.3 Å². The van der Waals surface area contributed by atoms with Gasteiger partial charge in [0, 0.05) is 19.2 Å². The van der Waals surface area contributed by atoms with Crippen LogP contribution in [0.5, 0.6) is 5.75 Å². The first-order chi connectivity index (χ1) is 16.7. The molecule has 0 spiro atoms. The maximum absolute atomic E-state index is 13.2. The maximum atomic E-state index is 13.2. The van der Waals surface area contributed by atoms with Crippen molar-refractivity contribution in [1.82, 2.24) is 9.13 Å². The summed E-state index contributed by atoms with van der Waals surface area (Å²) in [6.45, 7) is 2.30. The van der Waals surface area contributed by atoms with Crippen molar-refractivity contribution >= 4 is 31.4 Å². The highest BCUT2D eigenvalue weighted by Crippen LogP contribution is 2.22. The highest BCUT2D eigenvalue weighted by molar-refractivity contribution is 7.90. The van der Waals surface area contributed by atoms with Crippen molar-refractivity contribution in [2.24, 2.45) is 0 Å². The lowest BCUT2D eigenvalue weighted by Crippen LogP contribution is -2.39. The van der Waals surface area contributed by atoms with Crippen molar-refractivity contribution in [3.05, 3.63) is 91.4 Å². The predicted octanol–water partition coefficient (Wildman–Crippen LogP) is 3.30. The minimum atomic E-state index is -3.33. The summed E-state index contributed by atoms with van der Waals surface area (Å²) in [5.74, 6) is 7.02. The minimum Gasteiger partial charge on any atom is -0.497 e. The van der Waals surface area contributed by atoms with E-state index in [0.29, 0.717) is 33.6 Å². The number of ether oxygens (including phenoxy) is 1. The predicted molar refractivity (Wildman–Crippen MR) is 138 cm³/mol. The third-order valence-electron chi connectivity index (χ3n) is 5.54. The highest BCUT2D eigenvalue weighted by Gasteiger charge is 2.16. The molecule has 0 aliphatic carbocycles. The van der Waals surface area contributed by atoms with Crippen molar-refractivity contribution < 1.29 is 13.2 Å². The Morgan fingerprint density at radius 2 is 1.74 bits per heavy atom. The molecule has 4 rings (SSSR count). The van der Waals surface area contributed by atoms with Gasteiger partial charge in [-0.3, -0.25) is 13.9 Å². The lowest BCUT2D eigenvalue weighted by Gasteiger charge is -2.10. The van der Waals surface area contributed by atoms with E-state index in [-0.39, 0.29) is 17.0 Å². The van der Waals surface area contributed by atoms with Gasteiger partial charge in [-0.1, -0.05) is 36.1 Å². The molecule has 0 N–H and O–H groups in total. The van der Waals surface area contributed by atoms with E-state index in [4.69, 9.17) is 4.74 Å². The number of hydrogen-bond acceptors (Lipinski definition) is 6. The van der Waals surface area contributed by atoms with E-state index in [9.17, 15) is 18.0 Å². The normalized spacial score (nSPS) is 11.3. The standard InChI is InChI=1S/C26H24N2O5S2/c1-4-27-25-23(16-21(34-25)10-6-8-18-7-5-9-20(15-18)33-2)24(29)28(26(27)30)17-19-11-13-22(14-12-19)35(3,31)32/h5,7,9,11-16H,4,8,17H2,1-3H3. The number of rotatable bonds is 6. The molecule has 0 atom stereocenters. The number of hydrogen-bond donors (Lipinski definition) is 0. The van der Waals surface area contributed by atoms with Gasteiger partial charge in [0.2, 0.25) is 0 Å². The van der Waals surface area contributed by atoms with Crippen LogP contribution in [-0.4, -0.2) is 30.9 Å². The molecule has 180 valence electrons. The summed E-state index contributed by atoms with van der Waals surface area (Å²) in [4.78, 5) is 27.8. The van der Waals surface area contributed by atoms with Gasteiger partial charge in [0.15, 0.2) is 9.84 Å². The van der Waals surface area contributed by atoms with Crippen LogP contribution in [0.3, 0.4) is 0 Å². The van der Waals surface area contributed by atoms with E-state index in [1.54, 1.807) is 29.9 Å². The van der Waals surface area contributed by atoms with Crippen LogP contribution in [-0.2, 0) is 29.3 Å². The summed E-state index contributed by atoms with van der Waals surface area (Å²) in [5, 5.41) is 0.440. The van der Waals surface area contributed by atoms with Crippen LogP contribution in [0.2, 0.25) is 0 Å². The first-order valence-electron chi connectivity index (χ1n) is 10.9. The van der Waals surface area contributed by atoms with E-state index in [0.717, 1.165) is 17.6 Å². The molecule has 2 aromatic heterocycles. The maximum Gasteiger partial charge on any atom is 0.332 e. The second-order valence-corrected chi connectivity index (χ2v) is 11.0. The molecule has 35 heavy (non-hydrogen) atoms. The quantitative estimate of drug-likeness (QED) is 0.373. The molecule has 0 radical (unpaired) electrons. The summed E-state index contributed by atoms with van der Waals surface area (Å²) in [6, 6.07) is 15.6. The number of methoxy groups -OCH3 is 1. The minimum absolute atomic E-state index is 0.0460. The fraction of sp³-hybridized carbons (Fsp3) is 0.231. The van der Waals surface area contributed by atoms with E-state index in [1.807, 2.05) is 31.2 Å². The van der Waals surface area contributed by atoms with Crippen LogP contribution in [0, 0.1) is 11.8 Å². The molecule has 9 heteroatoms. The smallest absolute Gasteiger partial charge is 0.332 e.